The number of rotatable bonds is 24. The van der Waals surface area contributed by atoms with E-state index in [2.05, 4.69) is 54.4 Å². The van der Waals surface area contributed by atoms with Gasteiger partial charge in [-0.15, -0.1) is 11.3 Å². The van der Waals surface area contributed by atoms with Gasteiger partial charge in [0.2, 0.25) is 23.6 Å². The molecule has 20 heteroatoms. The Balaban J connectivity index is 0.701. The lowest BCUT2D eigenvalue weighted by atomic mass is 9.85. The third-order valence-electron chi connectivity index (χ3n) is 16.6. The molecule has 0 saturated carbocycles. The summed E-state index contributed by atoms with van der Waals surface area (Å²) in [6.45, 7) is 18.5. The number of carbonyl (C=O) groups is 4. The topological polar surface area (TPSA) is 220 Å². The fourth-order valence-corrected chi connectivity index (χ4v) is 13.8. The quantitative estimate of drug-likeness (QED) is 0.0498. The van der Waals surface area contributed by atoms with Gasteiger partial charge in [0.15, 0.2) is 9.84 Å². The fraction of sp³-hybridized carbons (Fsp3) is 0.556. The van der Waals surface area contributed by atoms with E-state index < -0.39 is 38.7 Å². The van der Waals surface area contributed by atoms with Crippen LogP contribution < -0.4 is 20.3 Å². The SMILES string of the molecule is COc1cc(N2CCC(N3CCN(C(=O)CCCCCCCCC(=O)N[C@H](C(=O)N4C[C@H](O)C[C@H]4C(=O)NCc4ccc(-c5scnc5C)cc4)C(C)(C)C)CC3)CC2)c(C)cc1Cc1ncnc(Cc2ccccc2S(=O)(=O)C(C)C)n1. The number of amides is 4. The number of nitrogens with zero attached hydrogens (tertiary/aromatic N) is 8. The Morgan fingerprint density at radius 1 is 0.819 bits per heavy atom. The second-order valence-corrected chi connectivity index (χ2v) is 27.4. The van der Waals surface area contributed by atoms with E-state index in [4.69, 9.17) is 9.72 Å². The van der Waals surface area contributed by atoms with Crippen molar-refractivity contribution in [2.75, 3.05) is 57.8 Å². The zero-order valence-electron chi connectivity index (χ0n) is 49.9. The van der Waals surface area contributed by atoms with E-state index >= 15 is 0 Å². The third-order valence-corrected chi connectivity index (χ3v) is 19.8. The van der Waals surface area contributed by atoms with Crippen LogP contribution in [-0.4, -0.2) is 154 Å². The number of aryl methyl sites for hydroxylation is 2. The molecular weight excluding hydrogens is 1090 g/mol. The van der Waals surface area contributed by atoms with Crippen LogP contribution in [0.3, 0.4) is 0 Å². The normalized spacial score (nSPS) is 17.7. The van der Waals surface area contributed by atoms with Gasteiger partial charge in [-0.05, 0) is 93.2 Å². The average Bonchev–Trinajstić information content (AvgIpc) is 4.29. The van der Waals surface area contributed by atoms with Gasteiger partial charge in [0.1, 0.15) is 35.8 Å². The van der Waals surface area contributed by atoms with Crippen molar-refractivity contribution >= 4 is 50.5 Å². The summed E-state index contributed by atoms with van der Waals surface area (Å²) in [7, 11) is -1.79. The van der Waals surface area contributed by atoms with E-state index in [-0.39, 0.29) is 56.0 Å². The lowest BCUT2D eigenvalue weighted by Gasteiger charge is -2.43. The summed E-state index contributed by atoms with van der Waals surface area (Å²) in [5, 5.41) is 16.0. The number of thiazole rings is 1. The average molecular weight is 1180 g/mol. The summed E-state index contributed by atoms with van der Waals surface area (Å²) in [6.07, 6.45) is 9.65. The molecule has 0 aliphatic carbocycles. The molecule has 3 N–H and O–H groups in total. The monoisotopic (exact) mass is 1170 g/mol. The van der Waals surface area contributed by atoms with Crippen LogP contribution in [0.1, 0.15) is 145 Å². The van der Waals surface area contributed by atoms with Crippen LogP contribution in [-0.2, 0) is 48.4 Å². The molecule has 3 fully saturated rings. The number of aliphatic hydroxyl groups is 1. The van der Waals surface area contributed by atoms with Crippen molar-refractivity contribution in [3.63, 3.8) is 0 Å². The van der Waals surface area contributed by atoms with Crippen LogP contribution in [0.15, 0.2) is 77.4 Å². The Labute approximate surface area is 495 Å². The van der Waals surface area contributed by atoms with Gasteiger partial charge in [-0.2, -0.15) is 0 Å². The smallest absolute Gasteiger partial charge is 0.246 e. The minimum atomic E-state index is -3.48. The summed E-state index contributed by atoms with van der Waals surface area (Å²) < 4.78 is 32.1. The summed E-state index contributed by atoms with van der Waals surface area (Å²) in [4.78, 5) is 82.0. The first-order valence-electron chi connectivity index (χ1n) is 29.7. The molecule has 83 heavy (non-hydrogen) atoms. The van der Waals surface area contributed by atoms with Gasteiger partial charge >= 0.3 is 0 Å². The molecule has 0 radical (unpaired) electrons. The lowest BCUT2D eigenvalue weighted by Crippen LogP contribution is -2.57. The van der Waals surface area contributed by atoms with E-state index in [1.165, 1.54) is 11.2 Å². The lowest BCUT2D eigenvalue weighted by molar-refractivity contribution is -0.144. The molecular formula is C63H86N10O8S2. The molecule has 3 atom stereocenters. The number of piperidine rings is 1. The maximum atomic E-state index is 14.1. The number of hydrogen-bond acceptors (Lipinski definition) is 15. The van der Waals surface area contributed by atoms with Crippen LogP contribution in [0.4, 0.5) is 5.69 Å². The number of aromatic nitrogens is 4. The Morgan fingerprint density at radius 3 is 2.11 bits per heavy atom. The molecule has 3 saturated heterocycles. The summed E-state index contributed by atoms with van der Waals surface area (Å²) in [6, 6.07) is 18.0. The third kappa shape index (κ3) is 16.3. The van der Waals surface area contributed by atoms with Crippen LogP contribution in [0, 0.1) is 19.3 Å². The summed E-state index contributed by atoms with van der Waals surface area (Å²) in [5.41, 5.74) is 8.05. The first-order valence-corrected chi connectivity index (χ1v) is 32.1. The number of anilines is 1. The molecule has 2 aromatic heterocycles. The molecule has 3 aliphatic heterocycles. The van der Waals surface area contributed by atoms with Gasteiger partial charge in [0, 0.05) is 108 Å². The van der Waals surface area contributed by atoms with Crippen LogP contribution in [0.25, 0.3) is 10.4 Å². The van der Waals surface area contributed by atoms with Crippen molar-refractivity contribution in [2.45, 2.75) is 173 Å². The maximum absolute atomic E-state index is 14.1. The number of unbranched alkanes of at least 4 members (excludes halogenated alkanes) is 5. The molecule has 4 amide bonds. The van der Waals surface area contributed by atoms with Crippen molar-refractivity contribution in [3.8, 4) is 16.2 Å². The van der Waals surface area contributed by atoms with E-state index in [9.17, 15) is 32.7 Å². The molecule has 5 heterocycles. The Morgan fingerprint density at radius 2 is 1.47 bits per heavy atom. The van der Waals surface area contributed by atoms with Crippen molar-refractivity contribution in [1.82, 2.24) is 45.3 Å². The van der Waals surface area contributed by atoms with Crippen molar-refractivity contribution < 1.29 is 37.4 Å². The predicted octanol–water partition coefficient (Wildman–Crippen LogP) is 8.03. The van der Waals surface area contributed by atoms with E-state index in [1.54, 1.807) is 44.4 Å². The Hall–Kier alpha value is -6.35. The van der Waals surface area contributed by atoms with Gasteiger partial charge in [-0.1, -0.05) is 88.9 Å². The van der Waals surface area contributed by atoms with Crippen molar-refractivity contribution in [1.29, 1.82) is 0 Å². The zero-order valence-corrected chi connectivity index (χ0v) is 51.5. The molecule has 18 nitrogen and oxygen atoms in total. The molecule has 3 aromatic carbocycles. The number of benzene rings is 3. The number of nitrogens with one attached hydrogen (secondary N) is 2. The highest BCUT2D eigenvalue weighted by molar-refractivity contribution is 7.92. The van der Waals surface area contributed by atoms with Gasteiger partial charge in [-0.3, -0.25) is 24.1 Å². The second-order valence-electron chi connectivity index (χ2n) is 24.0. The molecule has 5 aromatic rings. The summed E-state index contributed by atoms with van der Waals surface area (Å²) in [5.74, 6) is 1.16. The van der Waals surface area contributed by atoms with Gasteiger partial charge in [0.25, 0.3) is 0 Å². The zero-order chi connectivity index (χ0) is 59.4. The van der Waals surface area contributed by atoms with Crippen molar-refractivity contribution in [3.05, 3.63) is 112 Å². The number of sulfone groups is 1. The molecule has 0 bridgehead atoms. The minimum Gasteiger partial charge on any atom is -0.496 e. The van der Waals surface area contributed by atoms with Crippen LogP contribution in [0.5, 0.6) is 5.75 Å². The van der Waals surface area contributed by atoms with Crippen molar-refractivity contribution in [2.24, 2.45) is 5.41 Å². The Bertz CT molecular complexity index is 3130. The second kappa shape index (κ2) is 28.5. The Kier molecular flexibility index (Phi) is 21.5. The molecule has 448 valence electrons. The van der Waals surface area contributed by atoms with E-state index in [1.807, 2.05) is 74.5 Å². The number of likely N-dealkylation sites (tertiary alicyclic amines) is 1. The number of piperazine rings is 1. The first-order chi connectivity index (χ1) is 39.7. The number of ether oxygens (including phenoxy) is 1. The fourth-order valence-electron chi connectivity index (χ4n) is 11.7. The van der Waals surface area contributed by atoms with Gasteiger partial charge in [-0.25, -0.2) is 28.4 Å². The van der Waals surface area contributed by atoms with Crippen LogP contribution >= 0.6 is 11.3 Å². The molecule has 3 aliphatic rings. The predicted molar refractivity (Wildman–Crippen MR) is 324 cm³/mol. The number of β-amino-alcohol motifs (C(OH)–C–C–N with tert-alkyl or cyclic N) is 1. The van der Waals surface area contributed by atoms with E-state index in [0.29, 0.717) is 47.4 Å². The van der Waals surface area contributed by atoms with E-state index in [0.717, 1.165) is 128 Å². The van der Waals surface area contributed by atoms with Gasteiger partial charge in [0.05, 0.1) is 39.4 Å². The minimum absolute atomic E-state index is 0.0227. The highest BCUT2D eigenvalue weighted by atomic mass is 32.2. The summed E-state index contributed by atoms with van der Waals surface area (Å²) >= 11 is 1.58. The van der Waals surface area contributed by atoms with Crippen LogP contribution in [0.2, 0.25) is 0 Å². The number of hydrogen-bond donors (Lipinski definition) is 3. The standard InChI is InChI=1S/C63H86N10O8S2/c1-42(2)83(79,80)54-18-16-15-17-47(54)34-55-65-40-66-56(68-55)35-48-33-43(3)51(37-53(48)81-8)71-27-25-49(26-28-71)70-29-31-72(32-30-70)58(76)20-14-12-10-9-11-13-19-57(75)69-60(63(5,6)7)62(78)73-39-50(74)36-52(73)61(77)64-38-45-21-23-46(24-22-45)59-44(4)67-41-82-59/h15-18,21-24,33,37,40-42,49-50,52,60,74H,9-14,19-20,25-32,34-36,38-39H2,1-8H3,(H,64,77)(H,69,75)/t50-,52+,60-/m1/s1. The first kappa shape index (κ1) is 62.7. The maximum Gasteiger partial charge on any atom is 0.246 e. The van der Waals surface area contributed by atoms with Gasteiger partial charge < -0.3 is 35.2 Å². The molecule has 0 spiro atoms. The largest absolute Gasteiger partial charge is 0.496 e. The number of aliphatic hydroxyl groups excluding tert-OH is 1. The molecule has 0 unspecified atom stereocenters. The highest BCUT2D eigenvalue weighted by Crippen LogP contribution is 2.34. The molecule has 8 rings (SSSR count). The highest BCUT2D eigenvalue weighted by Gasteiger charge is 2.44. The number of carbonyl (C=O) groups excluding carboxylic acids is 4. The number of methoxy groups -OCH3 is 1.